The predicted octanol–water partition coefficient (Wildman–Crippen LogP) is 3.57. The molecule has 0 aliphatic carbocycles. The Hall–Kier alpha value is -2.34. The highest BCUT2D eigenvalue weighted by molar-refractivity contribution is 9.10. The van der Waals surface area contributed by atoms with Gasteiger partial charge < -0.3 is 10.6 Å². The second-order valence-corrected chi connectivity index (χ2v) is 5.84. The van der Waals surface area contributed by atoms with Gasteiger partial charge in [-0.1, -0.05) is 24.3 Å². The highest BCUT2D eigenvalue weighted by Crippen LogP contribution is 2.27. The molecule has 2 rings (SSSR count). The number of benzene rings is 2. The summed E-state index contributed by atoms with van der Waals surface area (Å²) < 4.78 is 0.958. The van der Waals surface area contributed by atoms with E-state index in [0.29, 0.717) is 5.56 Å². The lowest BCUT2D eigenvalue weighted by Gasteiger charge is -2.13. The van der Waals surface area contributed by atoms with Crippen LogP contribution in [0, 0.1) is 13.8 Å². The normalized spacial score (nSPS) is 10.0. The number of imide groups is 1. The monoisotopic (exact) mass is 375 g/mol. The Bertz CT molecular complexity index is 717. The summed E-state index contributed by atoms with van der Waals surface area (Å²) in [4.78, 5) is 23.6. The predicted molar refractivity (Wildman–Crippen MR) is 94.5 cm³/mol. The van der Waals surface area contributed by atoms with Crippen LogP contribution in [0.4, 0.5) is 10.5 Å². The van der Waals surface area contributed by atoms with Crippen molar-refractivity contribution in [2.75, 3.05) is 12.0 Å². The molecule has 0 heterocycles. The Balaban J connectivity index is 1.84. The Labute approximate surface area is 143 Å². The van der Waals surface area contributed by atoms with Crippen molar-refractivity contribution in [3.63, 3.8) is 0 Å². The van der Waals surface area contributed by atoms with Crippen LogP contribution in [0.2, 0.25) is 0 Å². The van der Waals surface area contributed by atoms with E-state index in [-0.39, 0.29) is 6.67 Å². The molecule has 2 aromatic rings. The molecule has 0 unspecified atom stereocenters. The maximum Gasteiger partial charge on any atom is 0.323 e. The first-order valence-corrected chi connectivity index (χ1v) is 7.92. The second-order valence-electron chi connectivity index (χ2n) is 5.05. The molecule has 0 aromatic heterocycles. The van der Waals surface area contributed by atoms with E-state index in [1.54, 1.807) is 24.3 Å². The van der Waals surface area contributed by atoms with Crippen LogP contribution in [0.1, 0.15) is 21.5 Å². The van der Waals surface area contributed by atoms with E-state index in [0.717, 1.165) is 15.7 Å². The van der Waals surface area contributed by atoms with Crippen LogP contribution in [0.3, 0.4) is 0 Å². The highest BCUT2D eigenvalue weighted by atomic mass is 79.9. The molecule has 120 valence electrons. The molecule has 0 bridgehead atoms. The first-order valence-electron chi connectivity index (χ1n) is 7.13. The number of hydrogen-bond acceptors (Lipinski definition) is 3. The third-order valence-corrected chi connectivity index (χ3v) is 4.47. The molecule has 23 heavy (non-hydrogen) atoms. The largest absolute Gasteiger partial charge is 0.367 e. The van der Waals surface area contributed by atoms with E-state index < -0.39 is 11.9 Å². The van der Waals surface area contributed by atoms with Crippen molar-refractivity contribution in [3.8, 4) is 0 Å². The van der Waals surface area contributed by atoms with Crippen LogP contribution in [0.15, 0.2) is 46.9 Å². The van der Waals surface area contributed by atoms with Crippen LogP contribution in [-0.4, -0.2) is 18.6 Å². The van der Waals surface area contributed by atoms with Crippen molar-refractivity contribution in [2.45, 2.75) is 13.8 Å². The van der Waals surface area contributed by atoms with Crippen LogP contribution in [0.25, 0.3) is 0 Å². The summed E-state index contributed by atoms with van der Waals surface area (Å²) in [5.41, 5.74) is 3.63. The number of amides is 3. The van der Waals surface area contributed by atoms with Crippen molar-refractivity contribution < 1.29 is 9.59 Å². The molecular weight excluding hydrogens is 358 g/mol. The number of rotatable bonds is 4. The summed E-state index contributed by atoms with van der Waals surface area (Å²) in [5, 5.41) is 7.96. The Morgan fingerprint density at radius 1 is 1.04 bits per heavy atom. The minimum atomic E-state index is -0.550. The quantitative estimate of drug-likeness (QED) is 0.715. The molecule has 0 aliphatic rings. The zero-order valence-corrected chi connectivity index (χ0v) is 14.5. The maximum absolute atomic E-state index is 11.8. The van der Waals surface area contributed by atoms with Gasteiger partial charge in [0.25, 0.3) is 5.91 Å². The van der Waals surface area contributed by atoms with Gasteiger partial charge >= 0.3 is 6.03 Å². The second kappa shape index (κ2) is 7.78. The average Bonchev–Trinajstić information content (AvgIpc) is 2.55. The number of anilines is 1. The summed E-state index contributed by atoms with van der Waals surface area (Å²) in [6.07, 6.45) is 0. The van der Waals surface area contributed by atoms with E-state index in [1.807, 2.05) is 32.0 Å². The van der Waals surface area contributed by atoms with Gasteiger partial charge in [-0.05, 0) is 59.1 Å². The fourth-order valence-electron chi connectivity index (χ4n) is 1.95. The van der Waals surface area contributed by atoms with Crippen LogP contribution < -0.4 is 16.0 Å². The van der Waals surface area contributed by atoms with Crippen molar-refractivity contribution in [1.29, 1.82) is 0 Å². The van der Waals surface area contributed by atoms with Crippen molar-refractivity contribution in [3.05, 3.63) is 63.6 Å². The molecule has 0 aliphatic heterocycles. The van der Waals surface area contributed by atoms with Gasteiger partial charge in [0, 0.05) is 10.0 Å². The standard InChI is InChI=1S/C17H18BrN3O2/c1-11-8-9-14(15(18)12(11)2)19-10-20-17(23)21-16(22)13-6-4-3-5-7-13/h3-9,19H,10H2,1-2H3,(H2,20,21,22,23). The first-order chi connectivity index (χ1) is 11.0. The number of carbonyl (C=O) groups is 2. The summed E-state index contributed by atoms with van der Waals surface area (Å²) in [5.74, 6) is -0.435. The lowest BCUT2D eigenvalue weighted by atomic mass is 10.1. The number of urea groups is 1. The van der Waals surface area contributed by atoms with Gasteiger partial charge in [-0.15, -0.1) is 0 Å². The number of nitrogens with one attached hydrogen (secondary N) is 3. The van der Waals surface area contributed by atoms with Crippen LogP contribution >= 0.6 is 15.9 Å². The minimum absolute atomic E-state index is 0.203. The molecule has 3 N–H and O–H groups in total. The fourth-order valence-corrected chi connectivity index (χ4v) is 2.53. The fraction of sp³-hybridized carbons (Fsp3) is 0.176. The average molecular weight is 376 g/mol. The number of carbonyl (C=O) groups excluding carboxylic acids is 2. The van der Waals surface area contributed by atoms with E-state index in [4.69, 9.17) is 0 Å². The number of aryl methyl sites for hydroxylation is 1. The van der Waals surface area contributed by atoms with Crippen molar-refractivity contribution in [1.82, 2.24) is 10.6 Å². The van der Waals surface area contributed by atoms with E-state index in [1.165, 1.54) is 5.56 Å². The highest BCUT2D eigenvalue weighted by Gasteiger charge is 2.09. The van der Waals surface area contributed by atoms with Gasteiger partial charge in [0.05, 0.1) is 12.4 Å². The molecule has 0 spiro atoms. The minimum Gasteiger partial charge on any atom is -0.367 e. The molecule has 5 nitrogen and oxygen atoms in total. The molecule has 0 fully saturated rings. The molecule has 0 atom stereocenters. The molecule has 2 aromatic carbocycles. The maximum atomic E-state index is 11.8. The molecule has 3 amide bonds. The summed E-state index contributed by atoms with van der Waals surface area (Å²) in [7, 11) is 0. The zero-order chi connectivity index (χ0) is 16.8. The number of halogens is 1. The Morgan fingerprint density at radius 3 is 2.43 bits per heavy atom. The van der Waals surface area contributed by atoms with Gasteiger partial charge in [0.2, 0.25) is 0 Å². The topological polar surface area (TPSA) is 70.2 Å². The van der Waals surface area contributed by atoms with Crippen molar-refractivity contribution >= 4 is 33.6 Å². The smallest absolute Gasteiger partial charge is 0.323 e. The summed E-state index contributed by atoms with van der Waals surface area (Å²) >= 11 is 3.52. The SMILES string of the molecule is Cc1ccc(NCNC(=O)NC(=O)c2ccccc2)c(Br)c1C. The lowest BCUT2D eigenvalue weighted by Crippen LogP contribution is -2.41. The van der Waals surface area contributed by atoms with E-state index in [2.05, 4.69) is 31.9 Å². The summed E-state index contributed by atoms with van der Waals surface area (Å²) in [6, 6.07) is 12.0. The third kappa shape index (κ3) is 4.56. The van der Waals surface area contributed by atoms with Gasteiger partial charge in [-0.25, -0.2) is 4.79 Å². The lowest BCUT2D eigenvalue weighted by molar-refractivity contribution is 0.0964. The zero-order valence-electron chi connectivity index (χ0n) is 12.9. The van der Waals surface area contributed by atoms with Gasteiger partial charge in [-0.3, -0.25) is 10.1 Å². The molecule has 6 heteroatoms. The molecule has 0 saturated carbocycles. The van der Waals surface area contributed by atoms with Crippen LogP contribution in [0.5, 0.6) is 0 Å². The van der Waals surface area contributed by atoms with E-state index in [9.17, 15) is 9.59 Å². The Morgan fingerprint density at radius 2 is 1.74 bits per heavy atom. The molecule has 0 radical (unpaired) electrons. The van der Waals surface area contributed by atoms with Crippen molar-refractivity contribution in [2.24, 2.45) is 0 Å². The van der Waals surface area contributed by atoms with Crippen LogP contribution in [-0.2, 0) is 0 Å². The van der Waals surface area contributed by atoms with E-state index >= 15 is 0 Å². The first kappa shape index (κ1) is 17.0. The van der Waals surface area contributed by atoms with Gasteiger partial charge in [0.1, 0.15) is 0 Å². The van der Waals surface area contributed by atoms with Gasteiger partial charge in [-0.2, -0.15) is 0 Å². The molecular formula is C17H18BrN3O2. The summed E-state index contributed by atoms with van der Waals surface area (Å²) in [6.45, 7) is 4.25. The number of hydrogen-bond donors (Lipinski definition) is 3. The van der Waals surface area contributed by atoms with Gasteiger partial charge in [0.15, 0.2) is 0 Å². The Kier molecular flexibility index (Phi) is 5.76. The molecule has 0 saturated heterocycles. The third-order valence-electron chi connectivity index (χ3n) is 3.45.